The molecule has 0 spiro atoms. The molecule has 5 rings (SSSR count). The summed E-state index contributed by atoms with van der Waals surface area (Å²) in [5.74, 6) is 0. The quantitative estimate of drug-likeness (QED) is 0.509. The van der Waals surface area contributed by atoms with Crippen molar-refractivity contribution in [3.05, 3.63) is 40.8 Å². The fourth-order valence-electron chi connectivity index (χ4n) is 4.20. The molecule has 0 saturated carbocycles. The number of nitrogens with zero attached hydrogens (tertiary/aromatic N) is 3. The number of fused-ring (bicyclic) bond motifs is 5. The van der Waals surface area contributed by atoms with Crippen molar-refractivity contribution in [1.82, 2.24) is 25.4 Å². The van der Waals surface area contributed by atoms with Crippen molar-refractivity contribution in [2.24, 2.45) is 0 Å². The van der Waals surface area contributed by atoms with Gasteiger partial charge < -0.3 is 0 Å². The van der Waals surface area contributed by atoms with Gasteiger partial charge in [0.2, 0.25) is 0 Å². The molecule has 138 valence electrons. The SMILES string of the molecule is Cc1n[nH]c2ccc3nc(-c4c[nH]nc4C(F)(F)F)c4c(c3c12)CCCC4. The highest BCUT2D eigenvalue weighted by atomic mass is 19.4. The number of nitrogens with one attached hydrogen (secondary N) is 2. The highest BCUT2D eigenvalue weighted by Gasteiger charge is 2.38. The summed E-state index contributed by atoms with van der Waals surface area (Å²) in [5, 5.41) is 15.1. The number of benzene rings is 1. The van der Waals surface area contributed by atoms with E-state index in [2.05, 4.69) is 25.4 Å². The molecule has 0 radical (unpaired) electrons. The van der Waals surface area contributed by atoms with E-state index in [4.69, 9.17) is 0 Å². The van der Waals surface area contributed by atoms with Crippen LogP contribution in [0.1, 0.15) is 35.4 Å². The number of hydrogen-bond donors (Lipinski definition) is 2. The average molecular weight is 371 g/mol. The lowest BCUT2D eigenvalue weighted by Gasteiger charge is -2.22. The summed E-state index contributed by atoms with van der Waals surface area (Å²) in [5.41, 5.74) is 3.96. The molecule has 2 N–H and O–H groups in total. The monoisotopic (exact) mass is 371 g/mol. The lowest BCUT2D eigenvalue weighted by Crippen LogP contribution is -2.11. The van der Waals surface area contributed by atoms with Crippen LogP contribution in [0.15, 0.2) is 18.3 Å². The summed E-state index contributed by atoms with van der Waals surface area (Å²) in [6.07, 6.45) is 0.253. The van der Waals surface area contributed by atoms with Gasteiger partial charge in [-0.15, -0.1) is 0 Å². The highest BCUT2D eigenvalue weighted by molar-refractivity contribution is 6.09. The number of aryl methyl sites for hydroxylation is 2. The molecule has 0 amide bonds. The van der Waals surface area contributed by atoms with Crippen molar-refractivity contribution >= 4 is 21.8 Å². The second-order valence-corrected chi connectivity index (χ2v) is 6.96. The first-order valence-electron chi connectivity index (χ1n) is 8.85. The molecule has 1 aliphatic rings. The third kappa shape index (κ3) is 2.35. The van der Waals surface area contributed by atoms with E-state index < -0.39 is 11.9 Å². The van der Waals surface area contributed by atoms with Gasteiger partial charge in [0.25, 0.3) is 0 Å². The van der Waals surface area contributed by atoms with E-state index >= 15 is 0 Å². The van der Waals surface area contributed by atoms with E-state index in [0.29, 0.717) is 17.6 Å². The van der Waals surface area contributed by atoms with Crippen LogP contribution in [0, 0.1) is 6.92 Å². The van der Waals surface area contributed by atoms with Crippen LogP contribution in [0.5, 0.6) is 0 Å². The smallest absolute Gasteiger partial charge is 0.284 e. The molecule has 0 unspecified atom stereocenters. The highest BCUT2D eigenvalue weighted by Crippen LogP contribution is 2.41. The van der Waals surface area contributed by atoms with Crippen LogP contribution < -0.4 is 0 Å². The summed E-state index contributed by atoms with van der Waals surface area (Å²) in [4.78, 5) is 4.67. The molecule has 27 heavy (non-hydrogen) atoms. The van der Waals surface area contributed by atoms with Crippen LogP contribution in [0.3, 0.4) is 0 Å². The van der Waals surface area contributed by atoms with Gasteiger partial charge in [-0.25, -0.2) is 4.98 Å². The van der Waals surface area contributed by atoms with E-state index in [1.54, 1.807) is 0 Å². The molecule has 0 bridgehead atoms. The first-order valence-corrected chi connectivity index (χ1v) is 8.85. The van der Waals surface area contributed by atoms with Crippen molar-refractivity contribution in [2.45, 2.75) is 38.8 Å². The molecule has 0 aliphatic heterocycles. The Labute approximate surface area is 152 Å². The van der Waals surface area contributed by atoms with Crippen LogP contribution in [-0.4, -0.2) is 25.4 Å². The summed E-state index contributed by atoms with van der Waals surface area (Å²) < 4.78 is 40.2. The third-order valence-corrected chi connectivity index (χ3v) is 5.34. The first kappa shape index (κ1) is 16.3. The summed E-state index contributed by atoms with van der Waals surface area (Å²) in [6, 6.07) is 3.73. The lowest BCUT2D eigenvalue weighted by molar-refractivity contribution is -0.140. The van der Waals surface area contributed by atoms with E-state index in [0.717, 1.165) is 52.4 Å². The molecular weight excluding hydrogens is 355 g/mol. The van der Waals surface area contributed by atoms with Crippen LogP contribution in [0.4, 0.5) is 13.2 Å². The van der Waals surface area contributed by atoms with Crippen LogP contribution in [0.25, 0.3) is 33.1 Å². The molecular formula is C19H16F3N5. The first-order chi connectivity index (χ1) is 12.9. The molecule has 3 aromatic heterocycles. The Balaban J connectivity index is 1.89. The molecule has 0 fully saturated rings. The fraction of sp³-hybridized carbons (Fsp3) is 0.316. The Hall–Kier alpha value is -2.90. The number of alkyl halides is 3. The molecule has 1 aliphatic carbocycles. The van der Waals surface area contributed by atoms with Gasteiger partial charge in [-0.3, -0.25) is 10.2 Å². The van der Waals surface area contributed by atoms with Gasteiger partial charge in [0.1, 0.15) is 0 Å². The maximum Gasteiger partial charge on any atom is 0.435 e. The van der Waals surface area contributed by atoms with Gasteiger partial charge in [-0.2, -0.15) is 23.4 Å². The fourth-order valence-corrected chi connectivity index (χ4v) is 4.20. The van der Waals surface area contributed by atoms with Crippen molar-refractivity contribution in [2.75, 3.05) is 0 Å². The van der Waals surface area contributed by atoms with Gasteiger partial charge in [-0.05, 0) is 55.9 Å². The van der Waals surface area contributed by atoms with E-state index in [-0.39, 0.29) is 5.56 Å². The Morgan fingerprint density at radius 3 is 2.56 bits per heavy atom. The average Bonchev–Trinajstić information content (AvgIpc) is 3.28. The van der Waals surface area contributed by atoms with Gasteiger partial charge in [0.15, 0.2) is 5.69 Å². The Bertz CT molecular complexity index is 1190. The van der Waals surface area contributed by atoms with Gasteiger partial charge in [-0.1, -0.05) is 0 Å². The second-order valence-electron chi connectivity index (χ2n) is 6.96. The number of rotatable bonds is 1. The Kier molecular flexibility index (Phi) is 3.35. The molecule has 0 atom stereocenters. The Morgan fingerprint density at radius 1 is 1.00 bits per heavy atom. The van der Waals surface area contributed by atoms with Gasteiger partial charge in [0, 0.05) is 17.0 Å². The predicted octanol–water partition coefficient (Wildman–Crippen LogP) is 4.71. The summed E-state index contributed by atoms with van der Waals surface area (Å²) >= 11 is 0. The minimum Gasteiger partial charge on any atom is -0.284 e. The van der Waals surface area contributed by atoms with Crippen molar-refractivity contribution in [3.8, 4) is 11.3 Å². The maximum atomic E-state index is 13.4. The van der Waals surface area contributed by atoms with Crippen LogP contribution in [-0.2, 0) is 19.0 Å². The molecule has 8 heteroatoms. The van der Waals surface area contributed by atoms with E-state index in [9.17, 15) is 13.2 Å². The number of aromatic amines is 2. The van der Waals surface area contributed by atoms with Crippen LogP contribution in [0.2, 0.25) is 0 Å². The van der Waals surface area contributed by atoms with Crippen molar-refractivity contribution in [3.63, 3.8) is 0 Å². The molecule has 1 aromatic carbocycles. The number of halogens is 3. The molecule has 4 aromatic rings. The predicted molar refractivity (Wildman–Crippen MR) is 95.4 cm³/mol. The Morgan fingerprint density at radius 2 is 1.78 bits per heavy atom. The third-order valence-electron chi connectivity index (χ3n) is 5.34. The number of pyridine rings is 1. The molecule has 0 saturated heterocycles. The largest absolute Gasteiger partial charge is 0.435 e. The van der Waals surface area contributed by atoms with Gasteiger partial charge in [0.05, 0.1) is 28.0 Å². The number of hydrogen-bond acceptors (Lipinski definition) is 3. The molecule has 3 heterocycles. The molecule has 5 nitrogen and oxygen atoms in total. The minimum atomic E-state index is -4.53. The summed E-state index contributed by atoms with van der Waals surface area (Å²) in [7, 11) is 0. The second kappa shape index (κ2) is 5.55. The number of H-pyrrole nitrogens is 2. The van der Waals surface area contributed by atoms with Crippen LogP contribution >= 0.6 is 0 Å². The van der Waals surface area contributed by atoms with Crippen molar-refractivity contribution in [1.29, 1.82) is 0 Å². The zero-order chi connectivity index (χ0) is 18.8. The standard InChI is InChI=1S/C19H16F3N5/c1-9-15-14(26-25-9)7-6-13-16(15)10-4-2-3-5-11(10)17(24-13)12-8-23-27-18(12)19(20,21)22/h6-8H,2-5H2,1H3,(H,23,27)(H,25,26). The van der Waals surface area contributed by atoms with E-state index in [1.807, 2.05) is 19.1 Å². The minimum absolute atomic E-state index is 0.0200. The zero-order valence-electron chi connectivity index (χ0n) is 14.5. The lowest BCUT2D eigenvalue weighted by atomic mass is 9.85. The van der Waals surface area contributed by atoms with Crippen molar-refractivity contribution < 1.29 is 13.2 Å². The van der Waals surface area contributed by atoms with E-state index in [1.165, 1.54) is 6.20 Å². The maximum absolute atomic E-state index is 13.4. The van der Waals surface area contributed by atoms with Gasteiger partial charge >= 0.3 is 6.18 Å². The normalized spacial score (nSPS) is 14.8. The number of aromatic nitrogens is 5. The summed E-state index contributed by atoms with van der Waals surface area (Å²) in [6.45, 7) is 1.93. The topological polar surface area (TPSA) is 70.2 Å². The zero-order valence-corrected chi connectivity index (χ0v) is 14.5.